The van der Waals surface area contributed by atoms with Gasteiger partial charge in [0.15, 0.2) is 0 Å². The quantitative estimate of drug-likeness (QED) is 0.441. The lowest BCUT2D eigenvalue weighted by atomic mass is 10.2. The number of aliphatic hydroxyl groups excluding tert-OH is 1. The fourth-order valence-electron chi connectivity index (χ4n) is 0.660. The summed E-state index contributed by atoms with van der Waals surface area (Å²) in [7, 11) is 0. The Morgan fingerprint density at radius 3 is 2.75 bits per heavy atom. The van der Waals surface area contributed by atoms with E-state index in [1.807, 2.05) is 6.92 Å². The maximum absolute atomic E-state index is 10.9. The second-order valence-corrected chi connectivity index (χ2v) is 2.61. The van der Waals surface area contributed by atoms with Crippen molar-refractivity contribution in [1.82, 2.24) is 0 Å². The number of hydrogen-bond donors (Lipinski definition) is 2. The highest BCUT2D eigenvalue weighted by atomic mass is 16.5. The zero-order valence-electron chi connectivity index (χ0n) is 7.45. The summed E-state index contributed by atoms with van der Waals surface area (Å²) in [5, 5.41) is 8.42. The number of hydrogen-bond acceptors (Lipinski definition) is 4. The van der Waals surface area contributed by atoms with E-state index in [0.29, 0.717) is 25.9 Å². The van der Waals surface area contributed by atoms with E-state index in [2.05, 4.69) is 0 Å². The van der Waals surface area contributed by atoms with Gasteiger partial charge in [-0.25, -0.2) is 0 Å². The summed E-state index contributed by atoms with van der Waals surface area (Å²) in [6.07, 6.45) is 1.95. The van der Waals surface area contributed by atoms with E-state index in [9.17, 15) is 4.79 Å². The van der Waals surface area contributed by atoms with Gasteiger partial charge in [-0.15, -0.1) is 0 Å². The number of esters is 1. The molecule has 0 aromatic carbocycles. The maximum Gasteiger partial charge on any atom is 0.322 e. The van der Waals surface area contributed by atoms with Crippen LogP contribution in [-0.4, -0.2) is 30.3 Å². The van der Waals surface area contributed by atoms with Crippen molar-refractivity contribution in [3.05, 3.63) is 0 Å². The standard InChI is InChI=1S/C8H17NO3/c1-2-7(9)8(11)12-6-4-3-5-10/h7,10H,2-6,9H2,1H3/t7-/m0/s1. The Morgan fingerprint density at radius 1 is 1.58 bits per heavy atom. The number of nitrogens with two attached hydrogens (primary N) is 1. The molecule has 0 saturated heterocycles. The van der Waals surface area contributed by atoms with E-state index in [-0.39, 0.29) is 12.6 Å². The highest BCUT2D eigenvalue weighted by molar-refractivity contribution is 5.75. The molecule has 0 rings (SSSR count). The minimum absolute atomic E-state index is 0.136. The molecule has 0 aliphatic rings. The normalized spacial score (nSPS) is 12.6. The van der Waals surface area contributed by atoms with Crippen LogP contribution in [0.1, 0.15) is 26.2 Å². The first-order valence-electron chi connectivity index (χ1n) is 4.25. The molecular formula is C8H17NO3. The molecule has 0 aliphatic carbocycles. The van der Waals surface area contributed by atoms with Gasteiger partial charge in [-0.1, -0.05) is 6.92 Å². The molecule has 0 amide bonds. The van der Waals surface area contributed by atoms with Crippen LogP contribution >= 0.6 is 0 Å². The Labute approximate surface area is 72.7 Å². The van der Waals surface area contributed by atoms with Crippen LogP contribution in [0.5, 0.6) is 0 Å². The molecule has 0 spiro atoms. The number of carbonyl (C=O) groups is 1. The van der Waals surface area contributed by atoms with Gasteiger partial charge in [0.25, 0.3) is 0 Å². The summed E-state index contributed by atoms with van der Waals surface area (Å²) >= 11 is 0. The van der Waals surface area contributed by atoms with Crippen molar-refractivity contribution in [3.63, 3.8) is 0 Å². The van der Waals surface area contributed by atoms with Crippen molar-refractivity contribution >= 4 is 5.97 Å². The van der Waals surface area contributed by atoms with Crippen molar-refractivity contribution in [2.24, 2.45) is 5.73 Å². The third-order valence-electron chi connectivity index (χ3n) is 1.54. The molecule has 0 bridgehead atoms. The molecule has 72 valence electrons. The number of unbranched alkanes of at least 4 members (excludes halogenated alkanes) is 1. The van der Waals surface area contributed by atoms with Gasteiger partial charge in [0, 0.05) is 6.61 Å². The highest BCUT2D eigenvalue weighted by Gasteiger charge is 2.11. The topological polar surface area (TPSA) is 72.6 Å². The lowest BCUT2D eigenvalue weighted by Crippen LogP contribution is -2.31. The number of rotatable bonds is 6. The fourth-order valence-corrected chi connectivity index (χ4v) is 0.660. The van der Waals surface area contributed by atoms with Crippen molar-refractivity contribution in [1.29, 1.82) is 0 Å². The van der Waals surface area contributed by atoms with Crippen LogP contribution in [0.2, 0.25) is 0 Å². The second-order valence-electron chi connectivity index (χ2n) is 2.61. The first-order valence-corrected chi connectivity index (χ1v) is 4.25. The molecule has 0 fully saturated rings. The fraction of sp³-hybridized carbons (Fsp3) is 0.875. The molecule has 0 heterocycles. The SMILES string of the molecule is CC[C@H](N)C(=O)OCCCCO. The highest BCUT2D eigenvalue weighted by Crippen LogP contribution is 1.94. The van der Waals surface area contributed by atoms with Crippen LogP contribution in [0, 0.1) is 0 Å². The Balaban J connectivity index is 3.31. The summed E-state index contributed by atoms with van der Waals surface area (Å²) in [5.41, 5.74) is 5.41. The lowest BCUT2D eigenvalue weighted by molar-refractivity contribution is -0.145. The van der Waals surface area contributed by atoms with E-state index in [0.717, 1.165) is 0 Å². The van der Waals surface area contributed by atoms with Gasteiger partial charge in [0.1, 0.15) is 6.04 Å². The predicted molar refractivity (Wildman–Crippen MR) is 45.5 cm³/mol. The molecule has 0 aromatic rings. The van der Waals surface area contributed by atoms with Crippen molar-refractivity contribution < 1.29 is 14.6 Å². The zero-order valence-corrected chi connectivity index (χ0v) is 7.45. The van der Waals surface area contributed by atoms with E-state index in [1.165, 1.54) is 0 Å². The van der Waals surface area contributed by atoms with Crippen LogP contribution in [-0.2, 0) is 9.53 Å². The molecule has 4 nitrogen and oxygen atoms in total. The molecule has 1 atom stereocenters. The maximum atomic E-state index is 10.9. The van der Waals surface area contributed by atoms with E-state index < -0.39 is 6.04 Å². The van der Waals surface area contributed by atoms with Crippen molar-refractivity contribution in [2.75, 3.05) is 13.2 Å². The van der Waals surface area contributed by atoms with Crippen LogP contribution in [0.15, 0.2) is 0 Å². The smallest absolute Gasteiger partial charge is 0.322 e. The van der Waals surface area contributed by atoms with Gasteiger partial charge >= 0.3 is 5.97 Å². The Morgan fingerprint density at radius 2 is 2.25 bits per heavy atom. The minimum atomic E-state index is -0.501. The third-order valence-corrected chi connectivity index (χ3v) is 1.54. The Kier molecular flexibility index (Phi) is 6.70. The van der Waals surface area contributed by atoms with Gasteiger partial charge in [-0.2, -0.15) is 0 Å². The summed E-state index contributed by atoms with van der Waals surface area (Å²) in [6, 6.07) is -0.501. The average Bonchev–Trinajstić information content (AvgIpc) is 2.10. The molecule has 0 saturated carbocycles. The van der Waals surface area contributed by atoms with Gasteiger partial charge in [-0.3, -0.25) is 4.79 Å². The monoisotopic (exact) mass is 175 g/mol. The van der Waals surface area contributed by atoms with Gasteiger partial charge in [0.2, 0.25) is 0 Å². The van der Waals surface area contributed by atoms with E-state index >= 15 is 0 Å². The van der Waals surface area contributed by atoms with Crippen LogP contribution in [0.3, 0.4) is 0 Å². The molecule has 0 unspecified atom stereocenters. The molecule has 4 heteroatoms. The molecule has 3 N–H and O–H groups in total. The zero-order chi connectivity index (χ0) is 9.40. The molecule has 12 heavy (non-hydrogen) atoms. The minimum Gasteiger partial charge on any atom is -0.465 e. The first kappa shape index (κ1) is 11.4. The van der Waals surface area contributed by atoms with Crippen LogP contribution < -0.4 is 5.73 Å². The second kappa shape index (κ2) is 7.06. The van der Waals surface area contributed by atoms with Crippen molar-refractivity contribution in [3.8, 4) is 0 Å². The summed E-state index contributed by atoms with van der Waals surface area (Å²) < 4.78 is 4.82. The van der Waals surface area contributed by atoms with Crippen molar-refractivity contribution in [2.45, 2.75) is 32.2 Å². The molecular weight excluding hydrogens is 158 g/mol. The van der Waals surface area contributed by atoms with E-state index in [4.69, 9.17) is 15.6 Å². The molecule has 0 aromatic heterocycles. The van der Waals surface area contributed by atoms with Crippen LogP contribution in [0.25, 0.3) is 0 Å². The Hall–Kier alpha value is -0.610. The molecule has 0 aliphatic heterocycles. The van der Waals surface area contributed by atoms with E-state index in [1.54, 1.807) is 0 Å². The Bertz CT molecular complexity index is 127. The molecule has 0 radical (unpaired) electrons. The first-order chi connectivity index (χ1) is 5.72. The third kappa shape index (κ3) is 5.09. The lowest BCUT2D eigenvalue weighted by Gasteiger charge is -2.08. The summed E-state index contributed by atoms with van der Waals surface area (Å²) in [5.74, 6) is -0.351. The van der Waals surface area contributed by atoms with Crippen LogP contribution in [0.4, 0.5) is 0 Å². The van der Waals surface area contributed by atoms with Gasteiger partial charge in [-0.05, 0) is 19.3 Å². The largest absolute Gasteiger partial charge is 0.465 e. The number of ether oxygens (including phenoxy) is 1. The summed E-state index contributed by atoms with van der Waals surface area (Å²) in [4.78, 5) is 10.9. The summed E-state index contributed by atoms with van der Waals surface area (Å²) in [6.45, 7) is 2.32. The average molecular weight is 175 g/mol. The predicted octanol–water partition coefficient (Wildman–Crippen LogP) is 0.0394. The number of aliphatic hydroxyl groups is 1. The van der Waals surface area contributed by atoms with Gasteiger partial charge in [0.05, 0.1) is 6.61 Å². The van der Waals surface area contributed by atoms with Gasteiger partial charge < -0.3 is 15.6 Å². The number of carbonyl (C=O) groups excluding carboxylic acids is 1.